The molecule has 2 atom stereocenters. The molecule has 0 spiro atoms. The van der Waals surface area contributed by atoms with Crippen LogP contribution >= 0.6 is 23.4 Å². The van der Waals surface area contributed by atoms with Crippen molar-refractivity contribution in [3.8, 4) is 11.4 Å². The van der Waals surface area contributed by atoms with Crippen molar-refractivity contribution >= 4 is 34.3 Å². The molecule has 5 rings (SSSR count). The van der Waals surface area contributed by atoms with Crippen LogP contribution in [0, 0.1) is 11.7 Å². The first-order chi connectivity index (χ1) is 18.3. The van der Waals surface area contributed by atoms with Gasteiger partial charge in [-0.1, -0.05) is 11.6 Å². The summed E-state index contributed by atoms with van der Waals surface area (Å²) in [6, 6.07) is 4.86. The van der Waals surface area contributed by atoms with E-state index in [0.717, 1.165) is 30.5 Å². The number of rotatable bonds is 7. The lowest BCUT2D eigenvalue weighted by molar-refractivity contribution is -0.0391. The third-order valence-corrected chi connectivity index (χ3v) is 9.07. The molecule has 1 N–H and O–H groups in total. The quantitative estimate of drug-likeness (QED) is 0.522. The number of ether oxygens (including phenoxy) is 1. The maximum absolute atomic E-state index is 13.7. The minimum Gasteiger partial charge on any atom is -0.379 e. The summed E-state index contributed by atoms with van der Waals surface area (Å²) < 4.78 is 46.1. The highest BCUT2D eigenvalue weighted by atomic mass is 35.5. The third kappa shape index (κ3) is 6.50. The zero-order valence-corrected chi connectivity index (χ0v) is 22.3. The second-order valence-electron chi connectivity index (χ2n) is 9.81. The summed E-state index contributed by atoms with van der Waals surface area (Å²) in [5.41, 5.74) is 0.823. The normalized spacial score (nSPS) is 23.2. The van der Waals surface area contributed by atoms with Crippen LogP contribution in [0.15, 0.2) is 35.6 Å². The Morgan fingerprint density at radius 1 is 1.21 bits per heavy atom. The number of nitrogens with zero attached hydrogens (tertiary/aromatic N) is 4. The first-order valence-corrected chi connectivity index (χ1v) is 14.0. The third-order valence-electron chi connectivity index (χ3n) is 7.27. The summed E-state index contributed by atoms with van der Waals surface area (Å²) in [7, 11) is 0. The second-order valence-corrected chi connectivity index (χ2v) is 11.5. The Labute approximate surface area is 228 Å². The molecule has 2 aromatic rings. The Morgan fingerprint density at radius 2 is 1.92 bits per heavy atom. The van der Waals surface area contributed by atoms with Crippen LogP contribution in [0.2, 0.25) is 5.02 Å². The zero-order chi connectivity index (χ0) is 26.7. The van der Waals surface area contributed by atoms with Gasteiger partial charge in [0.25, 0.3) is 5.91 Å². The number of amides is 1. The predicted molar refractivity (Wildman–Crippen MR) is 142 cm³/mol. The van der Waals surface area contributed by atoms with Crippen molar-refractivity contribution in [2.24, 2.45) is 10.9 Å². The minimum absolute atomic E-state index is 0.0125. The molecule has 204 valence electrons. The van der Waals surface area contributed by atoms with Crippen molar-refractivity contribution in [2.45, 2.75) is 42.9 Å². The smallest absolute Gasteiger partial charge is 0.252 e. The number of morpholine rings is 1. The number of carbonyl (C=O) groups is 1. The van der Waals surface area contributed by atoms with Gasteiger partial charge in [0.1, 0.15) is 0 Å². The Morgan fingerprint density at radius 3 is 2.63 bits per heavy atom. The zero-order valence-electron chi connectivity index (χ0n) is 20.7. The lowest BCUT2D eigenvalue weighted by Crippen LogP contribution is -2.53. The summed E-state index contributed by atoms with van der Waals surface area (Å²) in [5.74, 6) is -3.08. The van der Waals surface area contributed by atoms with Crippen LogP contribution in [0.1, 0.15) is 36.0 Å². The van der Waals surface area contributed by atoms with Gasteiger partial charge in [-0.25, -0.2) is 23.1 Å². The maximum Gasteiger partial charge on any atom is 0.252 e. The number of nitrogens with one attached hydrogen (secondary N) is 1. The van der Waals surface area contributed by atoms with Gasteiger partial charge in [0.05, 0.1) is 47.8 Å². The van der Waals surface area contributed by atoms with E-state index in [1.807, 2.05) is 0 Å². The monoisotopic (exact) mass is 567 g/mol. The fraction of sp³-hybridized carbons (Fsp3) is 0.538. The molecule has 2 fully saturated rings. The van der Waals surface area contributed by atoms with E-state index in [0.29, 0.717) is 44.7 Å². The van der Waals surface area contributed by atoms with Gasteiger partial charge in [-0.05, 0) is 31.0 Å². The summed E-state index contributed by atoms with van der Waals surface area (Å²) in [6.07, 6.45) is 2.87. The molecule has 1 aromatic carbocycles. The van der Waals surface area contributed by atoms with Gasteiger partial charge in [0, 0.05) is 55.2 Å². The minimum atomic E-state index is -2.57. The van der Waals surface area contributed by atoms with Crippen LogP contribution in [0.3, 0.4) is 0 Å². The van der Waals surface area contributed by atoms with Crippen LogP contribution in [0.4, 0.5) is 13.2 Å². The summed E-state index contributed by atoms with van der Waals surface area (Å²) in [6.45, 7) is 3.65. The van der Waals surface area contributed by atoms with E-state index in [1.54, 1.807) is 30.0 Å². The largest absolute Gasteiger partial charge is 0.379 e. The summed E-state index contributed by atoms with van der Waals surface area (Å²) >= 11 is 8.02. The fourth-order valence-electron chi connectivity index (χ4n) is 5.12. The molecule has 0 bridgehead atoms. The Kier molecular flexibility index (Phi) is 8.56. The van der Waals surface area contributed by atoms with E-state index >= 15 is 0 Å². The van der Waals surface area contributed by atoms with Crippen molar-refractivity contribution in [2.75, 3.05) is 39.4 Å². The fourth-order valence-corrected chi connectivity index (χ4v) is 6.78. The van der Waals surface area contributed by atoms with Gasteiger partial charge in [0.15, 0.2) is 11.6 Å². The van der Waals surface area contributed by atoms with Crippen molar-refractivity contribution in [1.82, 2.24) is 20.2 Å². The molecule has 1 aliphatic carbocycles. The molecule has 1 saturated carbocycles. The average Bonchev–Trinajstić information content (AvgIpc) is 3.40. The van der Waals surface area contributed by atoms with Crippen LogP contribution in [0.5, 0.6) is 0 Å². The predicted octanol–water partition coefficient (Wildman–Crippen LogP) is 4.71. The van der Waals surface area contributed by atoms with Crippen LogP contribution < -0.4 is 5.32 Å². The van der Waals surface area contributed by atoms with Gasteiger partial charge in [-0.15, -0.1) is 11.8 Å². The van der Waals surface area contributed by atoms with Gasteiger partial charge in [0.2, 0.25) is 5.92 Å². The van der Waals surface area contributed by atoms with Crippen molar-refractivity contribution < 1.29 is 22.7 Å². The van der Waals surface area contributed by atoms with Gasteiger partial charge < -0.3 is 10.1 Å². The van der Waals surface area contributed by atoms with Crippen molar-refractivity contribution in [1.29, 1.82) is 0 Å². The molecule has 2 aliphatic heterocycles. The first-order valence-electron chi connectivity index (χ1n) is 12.8. The SMILES string of the molecule is O=C(NCC(C1CN=C(C2CCC(F)(F)CC2)S1)N1CCOCC1)c1cc(-c2ncc(F)cn2)ccc1Cl. The van der Waals surface area contributed by atoms with E-state index in [2.05, 4.69) is 20.2 Å². The van der Waals surface area contributed by atoms with E-state index in [4.69, 9.17) is 21.3 Å². The molecule has 3 heterocycles. The number of benzene rings is 1. The van der Waals surface area contributed by atoms with Crippen LogP contribution in [-0.4, -0.2) is 82.4 Å². The highest BCUT2D eigenvalue weighted by molar-refractivity contribution is 8.14. The molecule has 1 saturated heterocycles. The molecule has 7 nitrogen and oxygen atoms in total. The molecule has 0 radical (unpaired) electrons. The highest BCUT2D eigenvalue weighted by Gasteiger charge is 2.40. The summed E-state index contributed by atoms with van der Waals surface area (Å²) in [4.78, 5) is 28.3. The Balaban J connectivity index is 1.26. The average molecular weight is 568 g/mol. The van der Waals surface area contributed by atoms with Gasteiger partial charge >= 0.3 is 0 Å². The van der Waals surface area contributed by atoms with E-state index < -0.39 is 11.7 Å². The first kappa shape index (κ1) is 27.4. The lowest BCUT2D eigenvalue weighted by Gasteiger charge is -2.37. The number of alkyl halides is 2. The number of hydrogen-bond donors (Lipinski definition) is 1. The van der Waals surface area contributed by atoms with Crippen molar-refractivity contribution in [3.05, 3.63) is 47.0 Å². The van der Waals surface area contributed by atoms with Crippen LogP contribution in [0.25, 0.3) is 11.4 Å². The topological polar surface area (TPSA) is 79.7 Å². The lowest BCUT2D eigenvalue weighted by atomic mass is 9.87. The number of aliphatic imine (C=N–C) groups is 1. The molecule has 12 heteroatoms. The number of carbonyl (C=O) groups excluding carboxylic acids is 1. The maximum atomic E-state index is 13.7. The Bertz CT molecular complexity index is 1170. The van der Waals surface area contributed by atoms with E-state index in [1.165, 1.54) is 0 Å². The number of thioether (sulfide) groups is 1. The van der Waals surface area contributed by atoms with E-state index in [9.17, 15) is 18.0 Å². The van der Waals surface area contributed by atoms with Gasteiger partial charge in [-0.2, -0.15) is 0 Å². The van der Waals surface area contributed by atoms with E-state index in [-0.39, 0.29) is 52.4 Å². The summed E-state index contributed by atoms with van der Waals surface area (Å²) in [5, 5.41) is 4.38. The van der Waals surface area contributed by atoms with Crippen molar-refractivity contribution in [3.63, 3.8) is 0 Å². The number of hydrogen-bond acceptors (Lipinski definition) is 7. The molecule has 38 heavy (non-hydrogen) atoms. The van der Waals surface area contributed by atoms with Gasteiger partial charge in [-0.3, -0.25) is 14.7 Å². The highest BCUT2D eigenvalue weighted by Crippen LogP contribution is 2.41. The molecule has 1 amide bonds. The second kappa shape index (κ2) is 11.9. The standard InChI is InChI=1S/C26H29ClF3N5O2S/c27-20-2-1-17(23-31-12-18(28)13-32-23)11-19(20)24(36)33-14-21(35-7-9-37-10-8-35)22-15-34-25(38-22)16-3-5-26(29,30)6-4-16/h1-2,11-13,16,21-22H,3-10,14-15H2,(H,33,36). The molecular formula is C26H29ClF3N5O2S. The molecular weight excluding hydrogens is 539 g/mol. The Hall–Kier alpha value is -2.21. The number of aromatic nitrogens is 2. The molecule has 2 unspecified atom stereocenters. The number of halogens is 4. The molecule has 1 aromatic heterocycles. The molecule has 3 aliphatic rings. The van der Waals surface area contributed by atoms with Crippen LogP contribution in [-0.2, 0) is 4.74 Å².